The van der Waals surface area contributed by atoms with Gasteiger partial charge in [0.05, 0.1) is 12.8 Å². The lowest BCUT2D eigenvalue weighted by atomic mass is 10.00. The zero-order chi connectivity index (χ0) is 17.8. The first-order valence-electron chi connectivity index (χ1n) is 7.66. The minimum absolute atomic E-state index is 0.0398. The first-order valence-corrected chi connectivity index (χ1v) is 7.66. The van der Waals surface area contributed by atoms with E-state index in [1.807, 2.05) is 24.3 Å². The second kappa shape index (κ2) is 7.00. The van der Waals surface area contributed by atoms with Gasteiger partial charge in [-0.15, -0.1) is 0 Å². The highest BCUT2D eigenvalue weighted by Gasteiger charge is 2.17. The lowest BCUT2D eigenvalue weighted by molar-refractivity contribution is 0.0953. The summed E-state index contributed by atoms with van der Waals surface area (Å²) in [5, 5.41) is 12.7. The summed E-state index contributed by atoms with van der Waals surface area (Å²) in [6, 6.07) is 14.3. The van der Waals surface area contributed by atoms with Crippen molar-refractivity contribution in [1.29, 1.82) is 0 Å². The molecule has 1 heterocycles. The number of para-hydroxylation sites is 1. The van der Waals surface area contributed by atoms with Crippen molar-refractivity contribution in [1.82, 2.24) is 15.3 Å². The van der Waals surface area contributed by atoms with Gasteiger partial charge in [0.2, 0.25) is 5.82 Å². The van der Waals surface area contributed by atoms with Crippen molar-refractivity contribution in [3.63, 3.8) is 0 Å². The van der Waals surface area contributed by atoms with Crippen LogP contribution >= 0.6 is 0 Å². The van der Waals surface area contributed by atoms with E-state index in [-0.39, 0.29) is 11.6 Å². The summed E-state index contributed by atoms with van der Waals surface area (Å²) in [4.78, 5) is 20.4. The monoisotopic (exact) mass is 335 g/mol. The summed E-state index contributed by atoms with van der Waals surface area (Å²) < 4.78 is 5.18. The number of ether oxygens (including phenoxy) is 1. The van der Waals surface area contributed by atoms with Gasteiger partial charge in [0, 0.05) is 24.4 Å². The minimum atomic E-state index is -0.391. The fraction of sp³-hybridized carbons (Fsp3) is 0.105. The van der Waals surface area contributed by atoms with Crippen LogP contribution in [0, 0.1) is 0 Å². The van der Waals surface area contributed by atoms with Crippen LogP contribution < -0.4 is 10.1 Å². The molecule has 0 radical (unpaired) electrons. The zero-order valence-electron chi connectivity index (χ0n) is 13.9. The molecule has 0 fully saturated rings. The molecule has 6 heteroatoms. The van der Waals surface area contributed by atoms with Crippen LogP contribution in [0.15, 0.2) is 54.7 Å². The van der Waals surface area contributed by atoms with E-state index in [0.29, 0.717) is 16.8 Å². The van der Waals surface area contributed by atoms with E-state index in [0.717, 1.165) is 11.3 Å². The summed E-state index contributed by atoms with van der Waals surface area (Å²) in [6.45, 7) is 0. The average molecular weight is 335 g/mol. The van der Waals surface area contributed by atoms with Gasteiger partial charge in [-0.1, -0.05) is 24.3 Å². The molecule has 0 aliphatic rings. The molecule has 0 bridgehead atoms. The van der Waals surface area contributed by atoms with Crippen molar-refractivity contribution in [2.45, 2.75) is 0 Å². The minimum Gasteiger partial charge on any atom is -0.507 e. The maximum atomic E-state index is 11.9. The van der Waals surface area contributed by atoms with E-state index in [2.05, 4.69) is 15.3 Å². The largest absolute Gasteiger partial charge is 0.507 e. The molecule has 0 aliphatic carbocycles. The zero-order valence-corrected chi connectivity index (χ0v) is 13.9. The quantitative estimate of drug-likeness (QED) is 0.766. The number of hydrogen-bond acceptors (Lipinski definition) is 5. The highest BCUT2D eigenvalue weighted by atomic mass is 16.5. The molecular weight excluding hydrogens is 318 g/mol. The van der Waals surface area contributed by atoms with Crippen molar-refractivity contribution < 1.29 is 14.6 Å². The Morgan fingerprint density at radius 1 is 1.08 bits per heavy atom. The smallest absolute Gasteiger partial charge is 0.288 e. The van der Waals surface area contributed by atoms with Gasteiger partial charge >= 0.3 is 0 Å². The third-order valence-electron chi connectivity index (χ3n) is 3.78. The number of methoxy groups -OCH3 is 1. The van der Waals surface area contributed by atoms with Crippen LogP contribution in [-0.2, 0) is 0 Å². The Kier molecular flexibility index (Phi) is 4.61. The predicted octanol–water partition coefficient (Wildman–Crippen LogP) is 2.88. The van der Waals surface area contributed by atoms with Crippen LogP contribution in [0.4, 0.5) is 0 Å². The SMILES string of the molecule is CNC(=O)c1ncc(-c2ccc(OC)cc2)c(-c2ccccc2O)n1. The number of carbonyl (C=O) groups is 1. The maximum absolute atomic E-state index is 11.9. The van der Waals surface area contributed by atoms with Gasteiger partial charge in [0.15, 0.2) is 0 Å². The summed E-state index contributed by atoms with van der Waals surface area (Å²) in [6.07, 6.45) is 1.58. The maximum Gasteiger partial charge on any atom is 0.288 e. The first-order chi connectivity index (χ1) is 12.1. The topological polar surface area (TPSA) is 84.3 Å². The van der Waals surface area contributed by atoms with Crippen molar-refractivity contribution in [3.05, 3.63) is 60.6 Å². The molecular formula is C19H17N3O3. The number of rotatable bonds is 4. The van der Waals surface area contributed by atoms with E-state index in [4.69, 9.17) is 4.74 Å². The van der Waals surface area contributed by atoms with E-state index in [1.54, 1.807) is 37.6 Å². The van der Waals surface area contributed by atoms with Gasteiger partial charge in [0.25, 0.3) is 5.91 Å². The fourth-order valence-electron chi connectivity index (χ4n) is 2.46. The van der Waals surface area contributed by atoms with Gasteiger partial charge in [-0.3, -0.25) is 4.79 Å². The molecule has 2 N–H and O–H groups in total. The lowest BCUT2D eigenvalue weighted by Gasteiger charge is -2.12. The molecule has 3 aromatic rings. The van der Waals surface area contributed by atoms with E-state index < -0.39 is 5.91 Å². The number of phenols is 1. The summed E-state index contributed by atoms with van der Waals surface area (Å²) >= 11 is 0. The van der Waals surface area contributed by atoms with E-state index in [1.165, 1.54) is 7.05 Å². The third kappa shape index (κ3) is 3.28. The Bertz CT molecular complexity index is 908. The second-order valence-corrected chi connectivity index (χ2v) is 5.28. The van der Waals surface area contributed by atoms with Crippen LogP contribution in [0.25, 0.3) is 22.4 Å². The summed E-state index contributed by atoms with van der Waals surface area (Å²) in [5.74, 6) is 0.463. The van der Waals surface area contributed by atoms with Gasteiger partial charge in [0.1, 0.15) is 11.5 Å². The van der Waals surface area contributed by atoms with Gasteiger partial charge in [-0.25, -0.2) is 9.97 Å². The second-order valence-electron chi connectivity index (χ2n) is 5.28. The molecule has 1 amide bonds. The van der Waals surface area contributed by atoms with E-state index >= 15 is 0 Å². The Morgan fingerprint density at radius 2 is 1.80 bits per heavy atom. The number of benzene rings is 2. The average Bonchev–Trinajstić information content (AvgIpc) is 2.67. The van der Waals surface area contributed by atoms with Crippen LogP contribution in [0.3, 0.4) is 0 Å². The van der Waals surface area contributed by atoms with Crippen molar-refractivity contribution in [3.8, 4) is 33.9 Å². The standard InChI is InChI=1S/C19H17N3O3/c1-20-19(24)18-21-11-15(12-7-9-13(25-2)10-8-12)17(22-18)14-5-3-4-6-16(14)23/h3-11,23H,1-2H3,(H,20,24). The molecule has 0 spiro atoms. The number of hydrogen-bond donors (Lipinski definition) is 2. The molecule has 25 heavy (non-hydrogen) atoms. The summed E-state index contributed by atoms with van der Waals surface area (Å²) in [7, 11) is 3.12. The molecule has 0 unspecified atom stereocenters. The van der Waals surface area contributed by atoms with Crippen LogP contribution in [0.1, 0.15) is 10.6 Å². The highest BCUT2D eigenvalue weighted by molar-refractivity contribution is 5.92. The Balaban J connectivity index is 2.20. The number of amides is 1. The molecule has 2 aromatic carbocycles. The number of carbonyl (C=O) groups excluding carboxylic acids is 1. The molecule has 6 nitrogen and oxygen atoms in total. The molecule has 0 aliphatic heterocycles. The van der Waals surface area contributed by atoms with Crippen molar-refractivity contribution in [2.75, 3.05) is 14.2 Å². The molecule has 0 saturated heterocycles. The van der Waals surface area contributed by atoms with Gasteiger partial charge in [-0.2, -0.15) is 0 Å². The number of nitrogens with zero attached hydrogens (tertiary/aromatic N) is 2. The van der Waals surface area contributed by atoms with Crippen LogP contribution in [0.2, 0.25) is 0 Å². The number of nitrogens with one attached hydrogen (secondary N) is 1. The Labute approximate surface area is 145 Å². The molecule has 3 rings (SSSR count). The van der Waals surface area contributed by atoms with Crippen molar-refractivity contribution >= 4 is 5.91 Å². The number of aromatic hydroxyl groups is 1. The highest BCUT2D eigenvalue weighted by Crippen LogP contribution is 2.35. The fourth-order valence-corrected chi connectivity index (χ4v) is 2.46. The normalized spacial score (nSPS) is 10.3. The molecule has 1 aromatic heterocycles. The number of aromatic nitrogens is 2. The first kappa shape index (κ1) is 16.4. The van der Waals surface area contributed by atoms with Crippen molar-refractivity contribution in [2.24, 2.45) is 0 Å². The molecule has 0 atom stereocenters. The summed E-state index contributed by atoms with van der Waals surface area (Å²) in [5.41, 5.74) is 2.57. The molecule has 126 valence electrons. The Hall–Kier alpha value is -3.41. The third-order valence-corrected chi connectivity index (χ3v) is 3.78. The lowest BCUT2D eigenvalue weighted by Crippen LogP contribution is -2.21. The number of phenolic OH excluding ortho intramolecular Hbond substituents is 1. The van der Waals surface area contributed by atoms with Crippen LogP contribution in [-0.4, -0.2) is 35.1 Å². The Morgan fingerprint density at radius 3 is 2.44 bits per heavy atom. The predicted molar refractivity (Wildman–Crippen MR) is 94.5 cm³/mol. The van der Waals surface area contributed by atoms with Crippen LogP contribution in [0.5, 0.6) is 11.5 Å². The molecule has 0 saturated carbocycles. The van der Waals surface area contributed by atoms with Gasteiger partial charge in [-0.05, 0) is 29.8 Å². The van der Waals surface area contributed by atoms with Gasteiger partial charge < -0.3 is 15.2 Å². The van der Waals surface area contributed by atoms with E-state index in [9.17, 15) is 9.90 Å².